The Morgan fingerprint density at radius 3 is 3.07 bits per heavy atom. The van der Waals surface area contributed by atoms with E-state index in [1.165, 1.54) is 6.08 Å². The molecule has 0 aromatic heterocycles. The summed E-state index contributed by atoms with van der Waals surface area (Å²) in [4.78, 5) is 24.9. The number of fused-ring (bicyclic) bond motifs is 1. The molecule has 0 spiro atoms. The molecule has 0 N–H and O–H groups in total. The van der Waals surface area contributed by atoms with E-state index >= 15 is 0 Å². The second-order valence-electron chi connectivity index (χ2n) is 4.01. The largest absolute Gasteiger partial charge is 0.460 e. The van der Waals surface area contributed by atoms with Crippen molar-refractivity contribution in [2.75, 3.05) is 6.61 Å². The van der Waals surface area contributed by atoms with E-state index in [0.717, 1.165) is 19.3 Å². The van der Waals surface area contributed by atoms with Crippen LogP contribution >= 0.6 is 0 Å². The molecule has 2 rings (SSSR count). The van der Waals surface area contributed by atoms with Gasteiger partial charge in [-0.25, -0.2) is 4.79 Å². The van der Waals surface area contributed by atoms with Crippen LogP contribution in [-0.2, 0) is 14.3 Å². The zero-order valence-corrected chi connectivity index (χ0v) is 8.65. The number of ether oxygens (including phenoxy) is 1. The van der Waals surface area contributed by atoms with Crippen molar-refractivity contribution >= 4 is 11.9 Å². The van der Waals surface area contributed by atoms with Crippen LogP contribution in [0.4, 0.5) is 0 Å². The number of carbonyl (C=O) groups excluding carboxylic acids is 2. The van der Waals surface area contributed by atoms with Crippen LogP contribution in [-0.4, -0.2) is 35.5 Å². The van der Waals surface area contributed by atoms with Gasteiger partial charge in [-0.1, -0.05) is 12.7 Å². The first-order valence-corrected chi connectivity index (χ1v) is 5.32. The molecule has 2 aliphatic rings. The minimum absolute atomic E-state index is 0.0954. The average Bonchev–Trinajstić information content (AvgIpc) is 2.78. The summed E-state index contributed by atoms with van der Waals surface area (Å²) in [5.74, 6) is -0.189. The smallest absolute Gasteiger partial charge is 0.329 e. The molecule has 4 heteroatoms. The first-order chi connectivity index (χ1) is 7.24. The lowest BCUT2D eigenvalue weighted by molar-refractivity contribution is -0.151. The molecule has 2 saturated heterocycles. The van der Waals surface area contributed by atoms with Gasteiger partial charge >= 0.3 is 5.97 Å². The Hall–Kier alpha value is -1.32. The summed E-state index contributed by atoms with van der Waals surface area (Å²) in [5.41, 5.74) is 0. The van der Waals surface area contributed by atoms with Crippen molar-refractivity contribution in [1.29, 1.82) is 0 Å². The Morgan fingerprint density at radius 2 is 2.33 bits per heavy atom. The van der Waals surface area contributed by atoms with Gasteiger partial charge in [0, 0.05) is 12.5 Å². The summed E-state index contributed by atoms with van der Waals surface area (Å²) in [7, 11) is 0. The minimum atomic E-state index is -0.343. The molecule has 2 fully saturated rings. The molecule has 0 bridgehead atoms. The van der Waals surface area contributed by atoms with Crippen LogP contribution in [0, 0.1) is 0 Å². The van der Waals surface area contributed by atoms with Gasteiger partial charge in [0.05, 0.1) is 0 Å². The highest BCUT2D eigenvalue weighted by molar-refractivity contribution is 5.87. The fourth-order valence-corrected chi connectivity index (χ4v) is 2.43. The molecular formula is C11H15NO3. The molecule has 0 aromatic rings. The Morgan fingerprint density at radius 1 is 1.53 bits per heavy atom. The molecule has 1 amide bonds. The van der Waals surface area contributed by atoms with E-state index in [0.29, 0.717) is 6.42 Å². The van der Waals surface area contributed by atoms with E-state index in [1.807, 2.05) is 0 Å². The third-order valence-electron chi connectivity index (χ3n) is 3.10. The number of nitrogens with zero attached hydrogens (tertiary/aromatic N) is 1. The van der Waals surface area contributed by atoms with E-state index in [9.17, 15) is 9.59 Å². The summed E-state index contributed by atoms with van der Waals surface area (Å²) >= 11 is 0. The number of hydrogen-bond donors (Lipinski definition) is 0. The maximum atomic E-state index is 11.6. The zero-order valence-electron chi connectivity index (χ0n) is 8.65. The monoisotopic (exact) mass is 209 g/mol. The van der Waals surface area contributed by atoms with E-state index in [-0.39, 0.29) is 30.6 Å². The Balaban J connectivity index is 2.00. The van der Waals surface area contributed by atoms with Crippen LogP contribution in [0.5, 0.6) is 0 Å². The number of carbonyl (C=O) groups is 2. The molecule has 2 atom stereocenters. The summed E-state index contributed by atoms with van der Waals surface area (Å²) < 4.78 is 4.98. The standard InChI is InChI=1S/C11H15NO3/c1-2-7-15-11(14)9-5-3-8-4-6-10(13)12(8)9/h2,8-9H,1,3-7H2. The molecule has 2 unspecified atom stereocenters. The minimum Gasteiger partial charge on any atom is -0.460 e. The summed E-state index contributed by atoms with van der Waals surface area (Å²) in [6.07, 6.45) is 4.68. The molecule has 2 heterocycles. The van der Waals surface area contributed by atoms with Crippen LogP contribution in [0.15, 0.2) is 12.7 Å². The van der Waals surface area contributed by atoms with Gasteiger partial charge in [-0.05, 0) is 19.3 Å². The van der Waals surface area contributed by atoms with Crippen molar-refractivity contribution in [2.24, 2.45) is 0 Å². The first-order valence-electron chi connectivity index (χ1n) is 5.32. The third kappa shape index (κ3) is 1.76. The second kappa shape index (κ2) is 4.04. The quantitative estimate of drug-likeness (QED) is 0.512. The zero-order chi connectivity index (χ0) is 10.8. The van der Waals surface area contributed by atoms with Gasteiger partial charge in [-0.3, -0.25) is 4.79 Å². The lowest BCUT2D eigenvalue weighted by Gasteiger charge is -2.22. The summed E-state index contributed by atoms with van der Waals surface area (Å²) in [5, 5.41) is 0. The highest BCUT2D eigenvalue weighted by Crippen LogP contribution is 2.33. The van der Waals surface area contributed by atoms with E-state index in [2.05, 4.69) is 6.58 Å². The van der Waals surface area contributed by atoms with Gasteiger partial charge in [0.25, 0.3) is 0 Å². The molecule has 0 saturated carbocycles. The fraction of sp³-hybridized carbons (Fsp3) is 0.636. The van der Waals surface area contributed by atoms with Crippen molar-refractivity contribution in [2.45, 2.75) is 37.8 Å². The van der Waals surface area contributed by atoms with Gasteiger partial charge in [0.1, 0.15) is 12.6 Å². The van der Waals surface area contributed by atoms with Gasteiger partial charge in [-0.2, -0.15) is 0 Å². The van der Waals surface area contributed by atoms with Gasteiger partial charge in [-0.15, -0.1) is 0 Å². The lowest BCUT2D eigenvalue weighted by Crippen LogP contribution is -2.41. The molecule has 4 nitrogen and oxygen atoms in total. The van der Waals surface area contributed by atoms with Crippen molar-refractivity contribution in [3.05, 3.63) is 12.7 Å². The molecule has 15 heavy (non-hydrogen) atoms. The highest BCUT2D eigenvalue weighted by Gasteiger charge is 2.44. The fourth-order valence-electron chi connectivity index (χ4n) is 2.43. The highest BCUT2D eigenvalue weighted by atomic mass is 16.5. The van der Waals surface area contributed by atoms with E-state index in [4.69, 9.17) is 4.74 Å². The predicted molar refractivity (Wildman–Crippen MR) is 54.0 cm³/mol. The first kappa shape index (κ1) is 10.2. The topological polar surface area (TPSA) is 46.6 Å². The lowest BCUT2D eigenvalue weighted by atomic mass is 10.1. The second-order valence-corrected chi connectivity index (χ2v) is 4.01. The van der Waals surface area contributed by atoms with Crippen LogP contribution in [0.1, 0.15) is 25.7 Å². The summed E-state index contributed by atoms with van der Waals surface area (Å²) in [6, 6.07) is -0.0660. The Kier molecular flexibility index (Phi) is 2.75. The predicted octanol–water partition coefficient (Wildman–Crippen LogP) is 0.869. The van der Waals surface area contributed by atoms with Crippen LogP contribution in [0.3, 0.4) is 0 Å². The van der Waals surface area contributed by atoms with Crippen LogP contribution in [0.2, 0.25) is 0 Å². The molecule has 0 radical (unpaired) electrons. The SMILES string of the molecule is C=CCOC(=O)C1CCC2CCC(=O)N21. The number of rotatable bonds is 3. The normalized spacial score (nSPS) is 29.1. The number of amides is 1. The van der Waals surface area contributed by atoms with Crippen molar-refractivity contribution in [3.8, 4) is 0 Å². The van der Waals surface area contributed by atoms with Gasteiger partial charge in [0.2, 0.25) is 5.91 Å². The molecule has 82 valence electrons. The average molecular weight is 209 g/mol. The third-order valence-corrected chi connectivity index (χ3v) is 3.10. The van der Waals surface area contributed by atoms with Crippen LogP contribution in [0.25, 0.3) is 0 Å². The molecule has 2 aliphatic heterocycles. The number of hydrogen-bond acceptors (Lipinski definition) is 3. The number of esters is 1. The molecular weight excluding hydrogens is 194 g/mol. The van der Waals surface area contributed by atoms with Crippen molar-refractivity contribution in [3.63, 3.8) is 0 Å². The van der Waals surface area contributed by atoms with Crippen LogP contribution < -0.4 is 0 Å². The Labute approximate surface area is 88.9 Å². The maximum Gasteiger partial charge on any atom is 0.329 e. The Bertz CT molecular complexity index is 300. The van der Waals surface area contributed by atoms with E-state index < -0.39 is 0 Å². The molecule has 0 aliphatic carbocycles. The molecule has 0 aromatic carbocycles. The van der Waals surface area contributed by atoms with Crippen molar-refractivity contribution in [1.82, 2.24) is 4.90 Å². The van der Waals surface area contributed by atoms with Crippen molar-refractivity contribution < 1.29 is 14.3 Å². The van der Waals surface area contributed by atoms with Gasteiger partial charge in [0.15, 0.2) is 0 Å². The summed E-state index contributed by atoms with van der Waals surface area (Å²) in [6.45, 7) is 3.71. The van der Waals surface area contributed by atoms with E-state index in [1.54, 1.807) is 4.90 Å². The van der Waals surface area contributed by atoms with Gasteiger partial charge < -0.3 is 9.64 Å². The maximum absolute atomic E-state index is 11.6.